The molecule has 2 amide bonds. The number of hydrogen-bond acceptors (Lipinski definition) is 3. The molecule has 0 atom stereocenters. The molecule has 1 rings (SSSR count). The van der Waals surface area contributed by atoms with E-state index in [1.54, 1.807) is 6.20 Å². The lowest BCUT2D eigenvalue weighted by Gasteiger charge is -2.03. The number of rotatable bonds is 5. The van der Waals surface area contributed by atoms with Crippen LogP contribution in [0.15, 0.2) is 11.6 Å². The molecule has 0 aliphatic rings. The van der Waals surface area contributed by atoms with E-state index in [0.29, 0.717) is 5.13 Å². The van der Waals surface area contributed by atoms with Gasteiger partial charge in [-0.1, -0.05) is 19.8 Å². The van der Waals surface area contributed by atoms with Crippen molar-refractivity contribution in [2.45, 2.75) is 26.2 Å². The first-order valence-corrected chi connectivity index (χ1v) is 5.65. The van der Waals surface area contributed by atoms with Crippen molar-refractivity contribution in [3.05, 3.63) is 11.6 Å². The highest BCUT2D eigenvalue weighted by Gasteiger charge is 2.01. The molecular formula is C9H15N3OS. The molecule has 4 nitrogen and oxygen atoms in total. The molecule has 0 aliphatic carbocycles. The topological polar surface area (TPSA) is 54.0 Å². The monoisotopic (exact) mass is 213 g/mol. The van der Waals surface area contributed by atoms with Crippen molar-refractivity contribution >= 4 is 22.5 Å². The van der Waals surface area contributed by atoms with E-state index in [2.05, 4.69) is 22.5 Å². The van der Waals surface area contributed by atoms with Crippen molar-refractivity contribution in [2.75, 3.05) is 11.9 Å². The molecule has 1 aromatic rings. The van der Waals surface area contributed by atoms with Gasteiger partial charge in [0.2, 0.25) is 0 Å². The van der Waals surface area contributed by atoms with Crippen LogP contribution in [0.1, 0.15) is 26.2 Å². The number of thiazole rings is 1. The third kappa shape index (κ3) is 4.23. The number of carbonyl (C=O) groups excluding carboxylic acids is 1. The summed E-state index contributed by atoms with van der Waals surface area (Å²) in [6.07, 6.45) is 5.01. The summed E-state index contributed by atoms with van der Waals surface area (Å²) in [5.74, 6) is 0. The Hall–Kier alpha value is -1.10. The average molecular weight is 213 g/mol. The Labute approximate surface area is 87.7 Å². The third-order valence-corrected chi connectivity index (χ3v) is 2.41. The van der Waals surface area contributed by atoms with Gasteiger partial charge in [-0.05, 0) is 6.42 Å². The number of carbonyl (C=O) groups is 1. The summed E-state index contributed by atoms with van der Waals surface area (Å²) >= 11 is 1.41. The Bertz CT molecular complexity index is 261. The molecule has 0 bridgehead atoms. The Morgan fingerprint density at radius 3 is 3.07 bits per heavy atom. The van der Waals surface area contributed by atoms with E-state index in [-0.39, 0.29) is 6.03 Å². The first kappa shape index (κ1) is 11.0. The molecule has 0 spiro atoms. The molecule has 0 aromatic carbocycles. The van der Waals surface area contributed by atoms with Gasteiger partial charge in [0.25, 0.3) is 0 Å². The lowest BCUT2D eigenvalue weighted by atomic mass is 10.2. The van der Waals surface area contributed by atoms with Crippen molar-refractivity contribution < 1.29 is 4.79 Å². The number of urea groups is 1. The standard InChI is InChI=1S/C9H15N3OS/c1-2-3-4-5-10-8(13)12-9-11-6-7-14-9/h6-7H,2-5H2,1H3,(H2,10,11,12,13). The average Bonchev–Trinajstić information content (AvgIpc) is 2.65. The number of unbranched alkanes of at least 4 members (excludes halogenated alkanes) is 2. The summed E-state index contributed by atoms with van der Waals surface area (Å²) in [7, 11) is 0. The fraction of sp³-hybridized carbons (Fsp3) is 0.556. The van der Waals surface area contributed by atoms with Gasteiger partial charge in [0.15, 0.2) is 5.13 Å². The number of amides is 2. The summed E-state index contributed by atoms with van der Waals surface area (Å²) < 4.78 is 0. The van der Waals surface area contributed by atoms with Crippen molar-refractivity contribution in [3.8, 4) is 0 Å². The first-order valence-electron chi connectivity index (χ1n) is 4.77. The van der Waals surface area contributed by atoms with Crippen LogP contribution in [0, 0.1) is 0 Å². The Balaban J connectivity index is 2.11. The van der Waals surface area contributed by atoms with Gasteiger partial charge in [0.1, 0.15) is 0 Å². The molecule has 0 unspecified atom stereocenters. The second-order valence-corrected chi connectivity index (χ2v) is 3.82. The van der Waals surface area contributed by atoms with Crippen LogP contribution in [-0.4, -0.2) is 17.6 Å². The predicted molar refractivity (Wildman–Crippen MR) is 58.7 cm³/mol. The van der Waals surface area contributed by atoms with E-state index in [0.717, 1.165) is 25.8 Å². The molecule has 14 heavy (non-hydrogen) atoms. The van der Waals surface area contributed by atoms with Gasteiger partial charge >= 0.3 is 6.03 Å². The van der Waals surface area contributed by atoms with E-state index in [1.165, 1.54) is 11.3 Å². The summed E-state index contributed by atoms with van der Waals surface area (Å²) in [5.41, 5.74) is 0. The number of aromatic nitrogens is 1. The maximum atomic E-state index is 11.2. The second kappa shape index (κ2) is 6.37. The normalized spacial score (nSPS) is 9.79. The first-order chi connectivity index (χ1) is 6.83. The van der Waals surface area contributed by atoms with E-state index in [4.69, 9.17) is 0 Å². The molecule has 0 fully saturated rings. The van der Waals surface area contributed by atoms with Crippen molar-refractivity contribution in [3.63, 3.8) is 0 Å². The van der Waals surface area contributed by atoms with Gasteiger partial charge in [-0.15, -0.1) is 11.3 Å². The third-order valence-electron chi connectivity index (χ3n) is 1.72. The zero-order chi connectivity index (χ0) is 10.2. The van der Waals surface area contributed by atoms with Crippen LogP contribution in [0.2, 0.25) is 0 Å². The zero-order valence-corrected chi connectivity index (χ0v) is 9.06. The second-order valence-electron chi connectivity index (χ2n) is 2.93. The smallest absolute Gasteiger partial charge is 0.321 e. The van der Waals surface area contributed by atoms with E-state index >= 15 is 0 Å². The maximum Gasteiger partial charge on any atom is 0.321 e. The predicted octanol–water partition coefficient (Wildman–Crippen LogP) is 2.45. The van der Waals surface area contributed by atoms with Gasteiger partial charge in [-0.3, -0.25) is 5.32 Å². The molecule has 78 valence electrons. The minimum Gasteiger partial charge on any atom is -0.338 e. The zero-order valence-electron chi connectivity index (χ0n) is 8.25. The Morgan fingerprint density at radius 2 is 2.43 bits per heavy atom. The molecular weight excluding hydrogens is 198 g/mol. The van der Waals surface area contributed by atoms with Crippen LogP contribution in [-0.2, 0) is 0 Å². The fourth-order valence-electron chi connectivity index (χ4n) is 1.00. The van der Waals surface area contributed by atoms with Gasteiger partial charge in [0.05, 0.1) is 0 Å². The van der Waals surface area contributed by atoms with Crippen LogP contribution in [0.4, 0.5) is 9.93 Å². The largest absolute Gasteiger partial charge is 0.338 e. The number of anilines is 1. The van der Waals surface area contributed by atoms with Crippen molar-refractivity contribution in [2.24, 2.45) is 0 Å². The van der Waals surface area contributed by atoms with E-state index in [1.807, 2.05) is 5.38 Å². The van der Waals surface area contributed by atoms with Crippen LogP contribution >= 0.6 is 11.3 Å². The highest BCUT2D eigenvalue weighted by atomic mass is 32.1. The van der Waals surface area contributed by atoms with Crippen LogP contribution in [0.25, 0.3) is 0 Å². The van der Waals surface area contributed by atoms with Crippen molar-refractivity contribution in [1.82, 2.24) is 10.3 Å². The van der Waals surface area contributed by atoms with Crippen molar-refractivity contribution in [1.29, 1.82) is 0 Å². The molecule has 0 aliphatic heterocycles. The maximum absolute atomic E-state index is 11.2. The Kier molecular flexibility index (Phi) is 4.99. The summed E-state index contributed by atoms with van der Waals surface area (Å²) in [6, 6.07) is -0.170. The quantitative estimate of drug-likeness (QED) is 0.738. The summed E-state index contributed by atoms with van der Waals surface area (Å²) in [4.78, 5) is 15.2. The molecule has 1 aromatic heterocycles. The molecule has 5 heteroatoms. The highest BCUT2D eigenvalue weighted by molar-refractivity contribution is 7.13. The number of nitrogens with zero attached hydrogens (tertiary/aromatic N) is 1. The van der Waals surface area contributed by atoms with Gasteiger partial charge < -0.3 is 5.32 Å². The summed E-state index contributed by atoms with van der Waals surface area (Å²) in [6.45, 7) is 2.86. The van der Waals surface area contributed by atoms with E-state index in [9.17, 15) is 4.79 Å². The minimum absolute atomic E-state index is 0.170. The van der Waals surface area contributed by atoms with Gasteiger partial charge in [-0.25, -0.2) is 9.78 Å². The Morgan fingerprint density at radius 1 is 1.57 bits per heavy atom. The highest BCUT2D eigenvalue weighted by Crippen LogP contribution is 2.09. The van der Waals surface area contributed by atoms with Gasteiger partial charge in [-0.2, -0.15) is 0 Å². The fourth-order valence-corrected chi connectivity index (χ4v) is 1.53. The van der Waals surface area contributed by atoms with Crippen LogP contribution in [0.3, 0.4) is 0 Å². The van der Waals surface area contributed by atoms with Crippen LogP contribution < -0.4 is 10.6 Å². The number of nitrogens with one attached hydrogen (secondary N) is 2. The SMILES string of the molecule is CCCCCNC(=O)Nc1nccs1. The van der Waals surface area contributed by atoms with E-state index < -0.39 is 0 Å². The van der Waals surface area contributed by atoms with Crippen LogP contribution in [0.5, 0.6) is 0 Å². The number of hydrogen-bond donors (Lipinski definition) is 2. The molecule has 2 N–H and O–H groups in total. The summed E-state index contributed by atoms with van der Waals surface area (Å²) in [5, 5.41) is 7.89. The molecule has 1 heterocycles. The minimum atomic E-state index is -0.170. The van der Waals surface area contributed by atoms with Gasteiger partial charge in [0, 0.05) is 18.1 Å². The lowest BCUT2D eigenvalue weighted by molar-refractivity contribution is 0.252. The lowest BCUT2D eigenvalue weighted by Crippen LogP contribution is -2.29. The molecule has 0 saturated carbocycles. The molecule has 0 saturated heterocycles. The molecule has 0 radical (unpaired) electrons.